The molecule has 0 fully saturated rings. The Morgan fingerprint density at radius 1 is 1.21 bits per heavy atom. The third-order valence-corrected chi connectivity index (χ3v) is 1.95. The molecule has 1 N–H and O–H groups in total. The molecule has 1 nitrogen and oxygen atoms in total. The van der Waals surface area contributed by atoms with Gasteiger partial charge >= 0.3 is 6.18 Å². The van der Waals surface area contributed by atoms with Gasteiger partial charge in [-0.2, -0.15) is 13.2 Å². The Hall–Kier alpha value is -0.810. The Bertz CT molecular complexity index is 333. The third-order valence-electron chi connectivity index (χ3n) is 1.36. The second-order valence-corrected chi connectivity index (χ2v) is 3.30. The van der Waals surface area contributed by atoms with Gasteiger partial charge in [-0.3, -0.25) is 0 Å². The van der Waals surface area contributed by atoms with Crippen LogP contribution in [-0.4, -0.2) is 11.2 Å². The van der Waals surface area contributed by atoms with Crippen molar-refractivity contribution < 1.29 is 13.2 Å². The highest BCUT2D eigenvalue weighted by molar-refractivity contribution is 7.80. The number of hydrogen-bond donors (Lipinski definition) is 1. The summed E-state index contributed by atoms with van der Waals surface area (Å²) in [6.45, 7) is 0. The summed E-state index contributed by atoms with van der Waals surface area (Å²) >= 11 is 9.69. The molecule has 0 bridgehead atoms. The van der Waals surface area contributed by atoms with Crippen LogP contribution in [0.4, 0.5) is 18.9 Å². The Morgan fingerprint density at radius 2 is 1.71 bits per heavy atom. The normalized spacial score (nSPS) is 11.1. The van der Waals surface area contributed by atoms with E-state index in [-0.39, 0.29) is 5.69 Å². The van der Waals surface area contributed by atoms with Crippen molar-refractivity contribution in [1.82, 2.24) is 0 Å². The predicted molar refractivity (Wildman–Crippen MR) is 53.7 cm³/mol. The number of halogens is 4. The predicted octanol–water partition coefficient (Wildman–Crippen LogP) is 3.64. The molecule has 0 aliphatic carbocycles. The average Bonchev–Trinajstić information content (AvgIpc) is 2.07. The summed E-state index contributed by atoms with van der Waals surface area (Å²) in [7, 11) is 0. The van der Waals surface area contributed by atoms with E-state index in [1.807, 2.05) is 0 Å². The van der Waals surface area contributed by atoms with Crippen molar-refractivity contribution in [3.05, 3.63) is 29.3 Å². The quantitative estimate of drug-likeness (QED) is 0.751. The van der Waals surface area contributed by atoms with Crippen molar-refractivity contribution >= 4 is 34.5 Å². The number of rotatable bonds is 1. The minimum Gasteiger partial charge on any atom is -0.343 e. The molecule has 0 saturated carbocycles. The van der Waals surface area contributed by atoms with Gasteiger partial charge in [0.05, 0.1) is 0 Å². The molecule has 0 aliphatic heterocycles. The molecule has 0 heterocycles. The largest absolute Gasteiger partial charge is 0.441 e. The maximum atomic E-state index is 12.0. The third kappa shape index (κ3) is 3.16. The average molecular weight is 240 g/mol. The van der Waals surface area contributed by atoms with Gasteiger partial charge in [-0.05, 0) is 24.3 Å². The van der Waals surface area contributed by atoms with Gasteiger partial charge in [0.15, 0.2) is 4.99 Å². The molecule has 0 atom stereocenters. The summed E-state index contributed by atoms with van der Waals surface area (Å²) in [5.74, 6) is 0. The highest BCUT2D eigenvalue weighted by Gasteiger charge is 2.34. The molecular formula is C8H5ClF3NS. The molecule has 6 heteroatoms. The van der Waals surface area contributed by atoms with Crippen LogP contribution in [0.1, 0.15) is 0 Å². The lowest BCUT2D eigenvalue weighted by Crippen LogP contribution is -2.27. The number of alkyl halides is 3. The van der Waals surface area contributed by atoms with E-state index < -0.39 is 11.2 Å². The molecule has 1 aromatic carbocycles. The molecule has 0 aliphatic rings. The van der Waals surface area contributed by atoms with E-state index in [1.165, 1.54) is 24.3 Å². The molecule has 1 aromatic rings. The number of benzene rings is 1. The van der Waals surface area contributed by atoms with E-state index >= 15 is 0 Å². The fourth-order valence-corrected chi connectivity index (χ4v) is 0.979. The smallest absolute Gasteiger partial charge is 0.343 e. The van der Waals surface area contributed by atoms with Crippen molar-refractivity contribution in [3.8, 4) is 0 Å². The first kappa shape index (κ1) is 11.3. The highest BCUT2D eigenvalue weighted by atomic mass is 35.5. The minimum atomic E-state index is -4.50. The SMILES string of the molecule is FC(F)(F)C(=S)Nc1ccc(Cl)cc1. The molecule has 0 aromatic heterocycles. The van der Waals surface area contributed by atoms with Crippen LogP contribution in [0.5, 0.6) is 0 Å². The van der Waals surface area contributed by atoms with Gasteiger partial charge in [0, 0.05) is 10.7 Å². The van der Waals surface area contributed by atoms with Gasteiger partial charge in [0.25, 0.3) is 0 Å². The zero-order chi connectivity index (χ0) is 10.8. The Balaban J connectivity index is 2.71. The maximum absolute atomic E-state index is 12.0. The molecule has 0 amide bonds. The van der Waals surface area contributed by atoms with E-state index in [1.54, 1.807) is 0 Å². The summed E-state index contributed by atoms with van der Waals surface area (Å²) in [6.07, 6.45) is -4.50. The van der Waals surface area contributed by atoms with E-state index in [4.69, 9.17) is 11.6 Å². The first-order valence-corrected chi connectivity index (χ1v) is 4.32. The second kappa shape index (κ2) is 4.14. The molecule has 1 rings (SSSR count). The van der Waals surface area contributed by atoms with E-state index in [0.717, 1.165) is 0 Å². The Labute approximate surface area is 88.9 Å². The zero-order valence-corrected chi connectivity index (χ0v) is 8.30. The van der Waals surface area contributed by atoms with Gasteiger partial charge in [-0.25, -0.2) is 0 Å². The number of anilines is 1. The van der Waals surface area contributed by atoms with Gasteiger partial charge in [-0.1, -0.05) is 23.8 Å². The van der Waals surface area contributed by atoms with Crippen LogP contribution in [0, 0.1) is 0 Å². The number of thiocarbonyl (C=S) groups is 1. The lowest BCUT2D eigenvalue weighted by Gasteiger charge is -2.10. The van der Waals surface area contributed by atoms with Crippen LogP contribution >= 0.6 is 23.8 Å². The van der Waals surface area contributed by atoms with E-state index in [0.29, 0.717) is 5.02 Å². The van der Waals surface area contributed by atoms with Crippen molar-refractivity contribution in [2.24, 2.45) is 0 Å². The molecule has 0 saturated heterocycles. The van der Waals surface area contributed by atoms with Crippen LogP contribution in [0.25, 0.3) is 0 Å². The van der Waals surface area contributed by atoms with Crippen LogP contribution in [0.3, 0.4) is 0 Å². The lowest BCUT2D eigenvalue weighted by molar-refractivity contribution is -0.0562. The Morgan fingerprint density at radius 3 is 2.14 bits per heavy atom. The van der Waals surface area contributed by atoms with Crippen molar-refractivity contribution in [2.75, 3.05) is 5.32 Å². The first-order valence-electron chi connectivity index (χ1n) is 3.53. The first-order chi connectivity index (χ1) is 6.39. The molecule has 0 radical (unpaired) electrons. The molecule has 0 unspecified atom stereocenters. The monoisotopic (exact) mass is 239 g/mol. The van der Waals surface area contributed by atoms with Gasteiger partial charge in [0.1, 0.15) is 0 Å². The molecule has 0 spiro atoms. The fourth-order valence-electron chi connectivity index (χ4n) is 0.735. The molecule has 76 valence electrons. The minimum absolute atomic E-state index is 0.261. The summed E-state index contributed by atoms with van der Waals surface area (Å²) < 4.78 is 36.0. The second-order valence-electron chi connectivity index (χ2n) is 2.46. The van der Waals surface area contributed by atoms with E-state index in [9.17, 15) is 13.2 Å². The highest BCUT2D eigenvalue weighted by Crippen LogP contribution is 2.20. The summed E-state index contributed by atoms with van der Waals surface area (Å²) in [6, 6.07) is 5.78. The van der Waals surface area contributed by atoms with Gasteiger partial charge in [-0.15, -0.1) is 0 Å². The van der Waals surface area contributed by atoms with Gasteiger partial charge in [0.2, 0.25) is 0 Å². The van der Waals surface area contributed by atoms with Crippen molar-refractivity contribution in [2.45, 2.75) is 6.18 Å². The van der Waals surface area contributed by atoms with Gasteiger partial charge < -0.3 is 5.32 Å². The van der Waals surface area contributed by atoms with Crippen molar-refractivity contribution in [1.29, 1.82) is 0 Å². The maximum Gasteiger partial charge on any atom is 0.441 e. The van der Waals surface area contributed by atoms with Crippen LogP contribution in [-0.2, 0) is 0 Å². The summed E-state index contributed by atoms with van der Waals surface area (Å²) in [4.78, 5) is -1.17. The van der Waals surface area contributed by atoms with Crippen LogP contribution in [0.2, 0.25) is 5.02 Å². The standard InChI is InChI=1S/C8H5ClF3NS/c9-5-1-3-6(4-2-5)13-7(14)8(10,11)12/h1-4H,(H,13,14). The zero-order valence-electron chi connectivity index (χ0n) is 6.73. The summed E-state index contributed by atoms with van der Waals surface area (Å²) in [5.41, 5.74) is 0.261. The summed E-state index contributed by atoms with van der Waals surface area (Å²) in [5, 5.41) is 2.51. The topological polar surface area (TPSA) is 12.0 Å². The molecule has 14 heavy (non-hydrogen) atoms. The van der Waals surface area contributed by atoms with Crippen molar-refractivity contribution in [3.63, 3.8) is 0 Å². The Kier molecular flexibility index (Phi) is 3.34. The van der Waals surface area contributed by atoms with E-state index in [2.05, 4.69) is 17.5 Å². The fraction of sp³-hybridized carbons (Fsp3) is 0.125. The number of nitrogens with one attached hydrogen (secondary N) is 1. The number of hydrogen-bond acceptors (Lipinski definition) is 1. The van der Waals surface area contributed by atoms with Crippen LogP contribution < -0.4 is 5.32 Å². The van der Waals surface area contributed by atoms with Crippen LogP contribution in [0.15, 0.2) is 24.3 Å². The molecular weight excluding hydrogens is 235 g/mol. The lowest BCUT2D eigenvalue weighted by atomic mass is 10.3.